The van der Waals surface area contributed by atoms with Gasteiger partial charge in [-0.05, 0) is 32.4 Å². The first kappa shape index (κ1) is 16.4. The van der Waals surface area contributed by atoms with Gasteiger partial charge in [-0.3, -0.25) is 9.69 Å². The zero-order valence-electron chi connectivity index (χ0n) is 13.4. The van der Waals surface area contributed by atoms with E-state index >= 15 is 0 Å². The summed E-state index contributed by atoms with van der Waals surface area (Å²) in [4.78, 5) is 19.1. The van der Waals surface area contributed by atoms with Crippen LogP contribution in [0.2, 0.25) is 0 Å². The number of likely N-dealkylation sites (tertiary alicyclic amines) is 1. The molecule has 2 heterocycles. The Morgan fingerprint density at radius 1 is 1.48 bits per heavy atom. The smallest absolute Gasteiger partial charge is 0.223 e. The van der Waals surface area contributed by atoms with E-state index in [1.54, 1.807) is 11.3 Å². The quantitative estimate of drug-likeness (QED) is 0.878. The van der Waals surface area contributed by atoms with E-state index in [1.807, 2.05) is 0 Å². The van der Waals surface area contributed by atoms with E-state index in [1.165, 1.54) is 10.7 Å². The van der Waals surface area contributed by atoms with Gasteiger partial charge in [-0.1, -0.05) is 20.8 Å². The Morgan fingerprint density at radius 2 is 2.19 bits per heavy atom. The maximum absolute atomic E-state index is 12.0. The second kappa shape index (κ2) is 7.90. The van der Waals surface area contributed by atoms with E-state index < -0.39 is 0 Å². The molecule has 0 unspecified atom stereocenters. The number of amides is 1. The van der Waals surface area contributed by atoms with Gasteiger partial charge in [-0.25, -0.2) is 4.98 Å². The minimum atomic E-state index is 0.203. The van der Waals surface area contributed by atoms with E-state index in [0.717, 1.165) is 45.4 Å². The normalized spacial score (nSPS) is 17.3. The van der Waals surface area contributed by atoms with Crippen LogP contribution in [0.3, 0.4) is 0 Å². The highest BCUT2D eigenvalue weighted by Crippen LogP contribution is 2.22. The molecular weight excluding hydrogens is 282 g/mol. The number of nitrogens with zero attached hydrogens (tertiary/aromatic N) is 2. The predicted molar refractivity (Wildman–Crippen MR) is 87.5 cm³/mol. The number of piperidine rings is 1. The number of carbonyl (C=O) groups excluding carboxylic acids is 1. The molecule has 21 heavy (non-hydrogen) atoms. The molecular formula is C16H27N3OS. The lowest BCUT2D eigenvalue weighted by molar-refractivity contribution is -0.126. The van der Waals surface area contributed by atoms with Crippen molar-refractivity contribution in [1.29, 1.82) is 0 Å². The fraction of sp³-hybridized carbons (Fsp3) is 0.750. The Bertz CT molecular complexity index is 450. The minimum Gasteiger partial charge on any atom is -0.356 e. The van der Waals surface area contributed by atoms with E-state index in [0.29, 0.717) is 5.92 Å². The summed E-state index contributed by atoms with van der Waals surface area (Å²) in [5.41, 5.74) is 1.18. The summed E-state index contributed by atoms with van der Waals surface area (Å²) in [6.45, 7) is 10.2. The highest BCUT2D eigenvalue weighted by atomic mass is 32.1. The lowest BCUT2D eigenvalue weighted by Gasteiger charge is -2.30. The molecule has 2 rings (SSSR count). The monoisotopic (exact) mass is 309 g/mol. The molecule has 1 aliphatic heterocycles. The summed E-state index contributed by atoms with van der Waals surface area (Å²) in [7, 11) is 0. The van der Waals surface area contributed by atoms with Crippen molar-refractivity contribution in [3.05, 3.63) is 16.1 Å². The average molecular weight is 309 g/mol. The molecule has 4 nitrogen and oxygen atoms in total. The molecule has 0 atom stereocenters. The summed E-state index contributed by atoms with van der Waals surface area (Å²) in [6.07, 6.45) is 2.94. The zero-order chi connectivity index (χ0) is 15.2. The van der Waals surface area contributed by atoms with Gasteiger partial charge in [0.1, 0.15) is 0 Å². The molecule has 0 aromatic carbocycles. The van der Waals surface area contributed by atoms with Gasteiger partial charge in [0.2, 0.25) is 5.91 Å². The fourth-order valence-electron chi connectivity index (χ4n) is 2.64. The van der Waals surface area contributed by atoms with Crippen LogP contribution in [0.4, 0.5) is 0 Å². The van der Waals surface area contributed by atoms with Crippen LogP contribution in [-0.2, 0) is 11.3 Å². The second-order valence-corrected chi connectivity index (χ2v) is 7.06. The van der Waals surface area contributed by atoms with Crippen LogP contribution in [0.15, 0.2) is 5.38 Å². The summed E-state index contributed by atoms with van der Waals surface area (Å²) in [5, 5.41) is 6.41. The maximum atomic E-state index is 12.0. The third-order valence-electron chi connectivity index (χ3n) is 3.96. The van der Waals surface area contributed by atoms with Gasteiger partial charge >= 0.3 is 0 Å². The molecule has 118 valence electrons. The first-order chi connectivity index (χ1) is 10.1. The van der Waals surface area contributed by atoms with Gasteiger partial charge < -0.3 is 5.32 Å². The third kappa shape index (κ3) is 4.78. The Balaban J connectivity index is 1.77. The molecule has 0 radical (unpaired) electrons. The van der Waals surface area contributed by atoms with Crippen molar-refractivity contribution in [2.45, 2.75) is 52.5 Å². The predicted octanol–water partition coefficient (Wildman–Crippen LogP) is 3.00. The van der Waals surface area contributed by atoms with Crippen molar-refractivity contribution in [3.63, 3.8) is 0 Å². The summed E-state index contributed by atoms with van der Waals surface area (Å²) in [6, 6.07) is 0. The van der Waals surface area contributed by atoms with Crippen molar-refractivity contribution < 1.29 is 4.79 Å². The highest BCUT2D eigenvalue weighted by molar-refractivity contribution is 7.09. The largest absolute Gasteiger partial charge is 0.356 e. The molecule has 0 saturated carbocycles. The Labute approximate surface area is 132 Å². The number of carbonyl (C=O) groups is 1. The molecule has 1 aromatic heterocycles. The Kier molecular flexibility index (Phi) is 6.18. The maximum Gasteiger partial charge on any atom is 0.223 e. The molecule has 1 amide bonds. The zero-order valence-corrected chi connectivity index (χ0v) is 14.2. The van der Waals surface area contributed by atoms with E-state index in [2.05, 4.69) is 36.4 Å². The van der Waals surface area contributed by atoms with Crippen molar-refractivity contribution in [2.75, 3.05) is 19.6 Å². The van der Waals surface area contributed by atoms with Crippen LogP contribution >= 0.6 is 11.3 Å². The molecule has 1 saturated heterocycles. The third-order valence-corrected chi connectivity index (χ3v) is 5.15. The van der Waals surface area contributed by atoms with Crippen LogP contribution in [0.25, 0.3) is 0 Å². The first-order valence-electron chi connectivity index (χ1n) is 8.04. The van der Waals surface area contributed by atoms with Crippen LogP contribution in [0, 0.1) is 5.92 Å². The van der Waals surface area contributed by atoms with Crippen molar-refractivity contribution in [1.82, 2.24) is 15.2 Å². The van der Waals surface area contributed by atoms with Gasteiger partial charge in [-0.2, -0.15) is 0 Å². The highest BCUT2D eigenvalue weighted by Gasteiger charge is 2.25. The summed E-state index contributed by atoms with van der Waals surface area (Å²) in [5.74, 6) is 0.957. The lowest BCUT2D eigenvalue weighted by atomic mass is 9.96. The molecule has 0 aliphatic carbocycles. The number of rotatable bonds is 6. The standard InChI is InChI=1S/C16H27N3OS/c1-4-7-17-15(20)13-5-8-19(9-6-13)10-14-11-21-16(18-14)12(2)3/h11-13H,4-10H2,1-3H3,(H,17,20). The number of aromatic nitrogens is 1. The van der Waals surface area contributed by atoms with Gasteiger partial charge in [-0.15, -0.1) is 11.3 Å². The van der Waals surface area contributed by atoms with Gasteiger partial charge in [0.15, 0.2) is 0 Å². The van der Waals surface area contributed by atoms with Crippen LogP contribution in [0.1, 0.15) is 56.7 Å². The molecule has 1 N–H and O–H groups in total. The number of hydrogen-bond acceptors (Lipinski definition) is 4. The van der Waals surface area contributed by atoms with Crippen LogP contribution in [-0.4, -0.2) is 35.4 Å². The minimum absolute atomic E-state index is 0.203. The SMILES string of the molecule is CCCNC(=O)C1CCN(Cc2csc(C(C)C)n2)CC1. The van der Waals surface area contributed by atoms with Crippen molar-refractivity contribution >= 4 is 17.2 Å². The molecule has 1 aromatic rings. The lowest BCUT2D eigenvalue weighted by Crippen LogP contribution is -2.40. The van der Waals surface area contributed by atoms with Gasteiger partial charge in [0, 0.05) is 30.3 Å². The molecule has 1 aliphatic rings. The van der Waals surface area contributed by atoms with Crippen LogP contribution < -0.4 is 5.32 Å². The van der Waals surface area contributed by atoms with E-state index in [4.69, 9.17) is 4.98 Å². The van der Waals surface area contributed by atoms with E-state index in [-0.39, 0.29) is 11.8 Å². The number of hydrogen-bond donors (Lipinski definition) is 1. The number of thiazole rings is 1. The molecule has 0 bridgehead atoms. The van der Waals surface area contributed by atoms with Crippen LogP contribution in [0.5, 0.6) is 0 Å². The van der Waals surface area contributed by atoms with Gasteiger partial charge in [0.25, 0.3) is 0 Å². The van der Waals surface area contributed by atoms with E-state index in [9.17, 15) is 4.79 Å². The fourth-order valence-corrected chi connectivity index (χ4v) is 3.46. The van der Waals surface area contributed by atoms with Gasteiger partial charge in [0.05, 0.1) is 10.7 Å². The van der Waals surface area contributed by atoms with Crippen molar-refractivity contribution in [3.8, 4) is 0 Å². The molecule has 0 spiro atoms. The first-order valence-corrected chi connectivity index (χ1v) is 8.92. The summed E-state index contributed by atoms with van der Waals surface area (Å²) >= 11 is 1.76. The topological polar surface area (TPSA) is 45.2 Å². The average Bonchev–Trinajstić information content (AvgIpc) is 2.94. The molecule has 1 fully saturated rings. The summed E-state index contributed by atoms with van der Waals surface area (Å²) < 4.78 is 0. The number of nitrogens with one attached hydrogen (secondary N) is 1. The van der Waals surface area contributed by atoms with Crippen molar-refractivity contribution in [2.24, 2.45) is 5.92 Å². The molecule has 5 heteroatoms. The second-order valence-electron chi connectivity index (χ2n) is 6.17. The Hall–Kier alpha value is -0.940. The Morgan fingerprint density at radius 3 is 2.76 bits per heavy atom.